The zero-order chi connectivity index (χ0) is 35.3. The van der Waals surface area contributed by atoms with Crippen LogP contribution in [0.5, 0.6) is 0 Å². The molecule has 10 rings (SSSR count). The topological polar surface area (TPSA) is 17.8 Å². The average molecular weight is 677 g/mol. The van der Waals surface area contributed by atoms with Crippen LogP contribution in [0.25, 0.3) is 93.5 Å². The van der Waals surface area contributed by atoms with Gasteiger partial charge in [-0.25, -0.2) is 4.98 Å². The van der Waals surface area contributed by atoms with Gasteiger partial charge in [0.15, 0.2) is 0 Å². The Morgan fingerprint density at radius 2 is 1.00 bits per heavy atom. The van der Waals surface area contributed by atoms with Crippen LogP contribution in [0.15, 0.2) is 188 Å². The van der Waals surface area contributed by atoms with Crippen molar-refractivity contribution < 1.29 is 0 Å². The van der Waals surface area contributed by atoms with E-state index in [-0.39, 0.29) is 0 Å². The number of aromatic nitrogens is 2. The fourth-order valence-corrected chi connectivity index (χ4v) is 8.29. The van der Waals surface area contributed by atoms with Crippen LogP contribution in [0, 0.1) is 0 Å². The Morgan fingerprint density at radius 1 is 0.415 bits per heavy atom. The lowest BCUT2D eigenvalue weighted by molar-refractivity contribution is 0.908. The van der Waals surface area contributed by atoms with Gasteiger partial charge in [0, 0.05) is 12.1 Å². The minimum absolute atomic E-state index is 0.857. The van der Waals surface area contributed by atoms with Gasteiger partial charge < -0.3 is 0 Å². The van der Waals surface area contributed by atoms with Gasteiger partial charge in [-0.3, -0.25) is 4.57 Å². The van der Waals surface area contributed by atoms with E-state index < -0.39 is 0 Å². The number of rotatable bonds is 6. The molecule has 0 N–H and O–H groups in total. The Balaban J connectivity index is 1.24. The molecule has 0 unspecified atom stereocenters. The molecule has 0 aliphatic carbocycles. The monoisotopic (exact) mass is 676 g/mol. The van der Waals surface area contributed by atoms with Gasteiger partial charge in [-0.2, -0.15) is 0 Å². The molecule has 0 fully saturated rings. The predicted octanol–water partition coefficient (Wildman–Crippen LogP) is 13.7. The average Bonchev–Trinajstić information content (AvgIpc) is 3.62. The van der Waals surface area contributed by atoms with E-state index in [2.05, 4.69) is 200 Å². The zero-order valence-electron chi connectivity index (χ0n) is 29.5. The Bertz CT molecular complexity index is 2960. The van der Waals surface area contributed by atoms with Crippen LogP contribution in [0.1, 0.15) is 12.7 Å². The number of para-hydroxylation sites is 2. The van der Waals surface area contributed by atoms with Crippen LogP contribution in [0.3, 0.4) is 0 Å². The molecule has 0 bridgehead atoms. The first-order valence-corrected chi connectivity index (χ1v) is 18.4. The first kappa shape index (κ1) is 31.0. The standard InChI is InChI=1S/C51H36N2/c1-2-49-52-47-24-10-11-25-48(47)53(49)40-29-26-36(27-30-40)50-43-21-8-9-22-44(43)51(42-23-13-17-35-16-6-7-20-41(35)42)45-31-28-39(33-46(45)50)38-19-12-18-37(32-38)34-14-4-3-5-15-34/h3-33H,2H2,1H3. The van der Waals surface area contributed by atoms with E-state index in [1.807, 2.05) is 0 Å². The normalized spacial score (nSPS) is 11.6. The molecule has 2 nitrogen and oxygen atoms in total. The summed E-state index contributed by atoms with van der Waals surface area (Å²) in [7, 11) is 0. The molecule has 53 heavy (non-hydrogen) atoms. The summed E-state index contributed by atoms with van der Waals surface area (Å²) in [5, 5.41) is 7.49. The summed E-state index contributed by atoms with van der Waals surface area (Å²) in [6, 6.07) is 68.6. The summed E-state index contributed by atoms with van der Waals surface area (Å²) in [4.78, 5) is 4.96. The van der Waals surface area contributed by atoms with Crippen molar-refractivity contribution in [3.63, 3.8) is 0 Å². The highest BCUT2D eigenvalue weighted by Crippen LogP contribution is 2.46. The third-order valence-electron chi connectivity index (χ3n) is 10.7. The lowest BCUT2D eigenvalue weighted by atomic mass is 9.83. The van der Waals surface area contributed by atoms with Gasteiger partial charge in [-0.1, -0.05) is 159 Å². The van der Waals surface area contributed by atoms with Crippen LogP contribution in [0.2, 0.25) is 0 Å². The second-order valence-corrected chi connectivity index (χ2v) is 13.8. The molecule has 2 heteroatoms. The van der Waals surface area contributed by atoms with Crippen LogP contribution in [-0.4, -0.2) is 9.55 Å². The van der Waals surface area contributed by atoms with Gasteiger partial charge in [0.1, 0.15) is 5.82 Å². The molecular formula is C51H36N2. The minimum atomic E-state index is 0.857. The summed E-state index contributed by atoms with van der Waals surface area (Å²) < 4.78 is 2.30. The smallest absolute Gasteiger partial charge is 0.114 e. The van der Waals surface area contributed by atoms with Gasteiger partial charge in [0.2, 0.25) is 0 Å². The molecule has 0 aliphatic rings. The van der Waals surface area contributed by atoms with E-state index in [4.69, 9.17) is 4.98 Å². The Morgan fingerprint density at radius 3 is 1.81 bits per heavy atom. The summed E-state index contributed by atoms with van der Waals surface area (Å²) in [6.07, 6.45) is 0.857. The number of fused-ring (bicyclic) bond motifs is 4. The highest BCUT2D eigenvalue weighted by molar-refractivity contribution is 6.24. The second-order valence-electron chi connectivity index (χ2n) is 13.8. The number of hydrogen-bond acceptors (Lipinski definition) is 1. The van der Waals surface area contributed by atoms with Gasteiger partial charge in [-0.15, -0.1) is 0 Å². The second kappa shape index (κ2) is 12.8. The van der Waals surface area contributed by atoms with Crippen LogP contribution in [0.4, 0.5) is 0 Å². The third kappa shape index (κ3) is 5.22. The predicted molar refractivity (Wildman–Crippen MR) is 225 cm³/mol. The fourth-order valence-electron chi connectivity index (χ4n) is 8.29. The van der Waals surface area contributed by atoms with E-state index in [9.17, 15) is 0 Å². The van der Waals surface area contributed by atoms with Crippen LogP contribution >= 0.6 is 0 Å². The first-order chi connectivity index (χ1) is 26.2. The van der Waals surface area contributed by atoms with E-state index in [0.717, 1.165) is 29.0 Å². The number of aryl methyl sites for hydroxylation is 1. The van der Waals surface area contributed by atoms with Crippen molar-refractivity contribution in [2.45, 2.75) is 13.3 Å². The highest BCUT2D eigenvalue weighted by Gasteiger charge is 2.19. The summed E-state index contributed by atoms with van der Waals surface area (Å²) in [5.74, 6) is 1.07. The first-order valence-electron chi connectivity index (χ1n) is 18.4. The number of hydrogen-bond donors (Lipinski definition) is 0. The van der Waals surface area contributed by atoms with Gasteiger partial charge >= 0.3 is 0 Å². The van der Waals surface area contributed by atoms with Gasteiger partial charge in [0.05, 0.1) is 11.0 Å². The number of nitrogens with zero attached hydrogens (tertiary/aromatic N) is 2. The molecule has 0 radical (unpaired) electrons. The van der Waals surface area contributed by atoms with Crippen molar-refractivity contribution >= 4 is 43.4 Å². The molecule has 0 spiro atoms. The minimum Gasteiger partial charge on any atom is -0.296 e. The molecule has 0 saturated carbocycles. The Hall–Kier alpha value is -6.77. The molecule has 250 valence electrons. The zero-order valence-corrected chi connectivity index (χ0v) is 29.5. The van der Waals surface area contributed by atoms with Crippen molar-refractivity contribution in [3.05, 3.63) is 194 Å². The van der Waals surface area contributed by atoms with Crippen molar-refractivity contribution in [2.75, 3.05) is 0 Å². The molecule has 0 amide bonds. The van der Waals surface area contributed by atoms with E-state index in [1.165, 1.54) is 76.8 Å². The third-order valence-corrected chi connectivity index (χ3v) is 10.7. The molecular weight excluding hydrogens is 641 g/mol. The van der Waals surface area contributed by atoms with Gasteiger partial charge in [0.25, 0.3) is 0 Å². The lowest BCUT2D eigenvalue weighted by Crippen LogP contribution is -2.00. The number of benzene rings is 9. The van der Waals surface area contributed by atoms with E-state index >= 15 is 0 Å². The maximum Gasteiger partial charge on any atom is 0.114 e. The van der Waals surface area contributed by atoms with Crippen LogP contribution < -0.4 is 0 Å². The molecule has 0 atom stereocenters. The van der Waals surface area contributed by atoms with E-state index in [0.29, 0.717) is 0 Å². The fraction of sp³-hybridized carbons (Fsp3) is 0.0392. The molecule has 1 heterocycles. The molecule has 10 aromatic rings. The SMILES string of the molecule is CCc1nc2ccccc2n1-c1ccc(-c2c3ccccc3c(-c3cccc4ccccc34)c3ccc(-c4cccc(-c5ccccc5)c4)cc23)cc1. The maximum atomic E-state index is 4.96. The summed E-state index contributed by atoms with van der Waals surface area (Å²) >= 11 is 0. The van der Waals surface area contributed by atoms with Crippen molar-refractivity contribution in [1.82, 2.24) is 9.55 Å². The number of imidazole rings is 1. The summed E-state index contributed by atoms with van der Waals surface area (Å²) in [6.45, 7) is 2.18. The van der Waals surface area contributed by atoms with Crippen molar-refractivity contribution in [2.24, 2.45) is 0 Å². The quantitative estimate of drug-likeness (QED) is 0.160. The molecule has 9 aromatic carbocycles. The summed E-state index contributed by atoms with van der Waals surface area (Å²) in [5.41, 5.74) is 13.1. The maximum absolute atomic E-state index is 4.96. The van der Waals surface area contributed by atoms with E-state index in [1.54, 1.807) is 0 Å². The highest BCUT2D eigenvalue weighted by atomic mass is 15.1. The molecule has 0 aliphatic heterocycles. The van der Waals surface area contributed by atoms with Crippen molar-refractivity contribution in [3.8, 4) is 50.2 Å². The van der Waals surface area contributed by atoms with Crippen LogP contribution in [-0.2, 0) is 6.42 Å². The van der Waals surface area contributed by atoms with Crippen molar-refractivity contribution in [1.29, 1.82) is 0 Å². The molecule has 0 saturated heterocycles. The van der Waals surface area contributed by atoms with Gasteiger partial charge in [-0.05, 0) is 113 Å². The Kier molecular flexibility index (Phi) is 7.47. The Labute approximate surface area is 309 Å². The largest absolute Gasteiger partial charge is 0.296 e. The lowest BCUT2D eigenvalue weighted by Gasteiger charge is -2.20. The molecule has 1 aromatic heterocycles.